The molecule has 1 aliphatic rings. The van der Waals surface area contributed by atoms with Crippen molar-refractivity contribution in [3.05, 3.63) is 126 Å². The number of para-hydroxylation sites is 1. The molecular formula is C31H25N3O4. The van der Waals surface area contributed by atoms with E-state index in [1.54, 1.807) is 36.3 Å². The van der Waals surface area contributed by atoms with Crippen LogP contribution in [0.15, 0.2) is 120 Å². The predicted molar refractivity (Wildman–Crippen MR) is 148 cm³/mol. The van der Waals surface area contributed by atoms with Crippen LogP contribution >= 0.6 is 0 Å². The lowest BCUT2D eigenvalue weighted by Gasteiger charge is -2.19. The average Bonchev–Trinajstić information content (AvgIpc) is 3.29. The molecule has 1 N–H and O–H groups in total. The number of hydrogen-bond acceptors (Lipinski definition) is 5. The minimum atomic E-state index is -0.251. The first kappa shape index (κ1) is 24.5. The van der Waals surface area contributed by atoms with Crippen molar-refractivity contribution in [3.63, 3.8) is 0 Å². The number of ether oxygens (including phenoxy) is 2. The number of nitrogens with zero attached hydrogens (tertiary/aromatic N) is 2. The third-order valence-corrected chi connectivity index (χ3v) is 5.81. The van der Waals surface area contributed by atoms with Crippen molar-refractivity contribution in [3.8, 4) is 11.5 Å². The molecule has 4 aromatic rings. The van der Waals surface area contributed by atoms with Gasteiger partial charge in [0.15, 0.2) is 6.61 Å². The van der Waals surface area contributed by atoms with E-state index in [4.69, 9.17) is 14.5 Å². The maximum absolute atomic E-state index is 13.5. The molecule has 0 saturated heterocycles. The van der Waals surface area contributed by atoms with Crippen molar-refractivity contribution in [1.82, 2.24) is 0 Å². The van der Waals surface area contributed by atoms with Crippen LogP contribution in [0.5, 0.6) is 11.5 Å². The molecule has 4 aromatic carbocycles. The molecule has 1 aliphatic heterocycles. The summed E-state index contributed by atoms with van der Waals surface area (Å²) in [5.74, 6) is 1.24. The fourth-order valence-corrected chi connectivity index (χ4v) is 3.97. The van der Waals surface area contributed by atoms with Crippen molar-refractivity contribution in [2.75, 3.05) is 23.9 Å². The first-order chi connectivity index (χ1) is 18.6. The van der Waals surface area contributed by atoms with Crippen LogP contribution < -0.4 is 19.7 Å². The van der Waals surface area contributed by atoms with E-state index in [0.717, 1.165) is 11.1 Å². The summed E-state index contributed by atoms with van der Waals surface area (Å²) in [4.78, 5) is 32.0. The van der Waals surface area contributed by atoms with Crippen LogP contribution in [0.2, 0.25) is 0 Å². The van der Waals surface area contributed by atoms with Crippen LogP contribution in [0.4, 0.5) is 11.4 Å². The van der Waals surface area contributed by atoms with Crippen molar-refractivity contribution < 1.29 is 19.1 Å². The van der Waals surface area contributed by atoms with E-state index in [0.29, 0.717) is 34.4 Å². The Morgan fingerprint density at radius 2 is 1.58 bits per heavy atom. The highest BCUT2D eigenvalue weighted by Gasteiger charge is 2.32. The number of carbonyl (C=O) groups is 2. The zero-order chi connectivity index (χ0) is 26.3. The van der Waals surface area contributed by atoms with Gasteiger partial charge in [0.25, 0.3) is 11.8 Å². The van der Waals surface area contributed by atoms with Gasteiger partial charge in [-0.1, -0.05) is 66.7 Å². The normalized spacial score (nSPS) is 13.8. The van der Waals surface area contributed by atoms with Gasteiger partial charge >= 0.3 is 0 Å². The molecule has 0 unspecified atom stereocenters. The molecule has 0 aliphatic carbocycles. The molecule has 0 aromatic heterocycles. The smallest absolute Gasteiger partial charge is 0.282 e. The van der Waals surface area contributed by atoms with E-state index in [2.05, 4.69) is 5.32 Å². The highest BCUT2D eigenvalue weighted by Crippen LogP contribution is 2.30. The lowest BCUT2D eigenvalue weighted by Crippen LogP contribution is -2.32. The van der Waals surface area contributed by atoms with Gasteiger partial charge in [-0.2, -0.15) is 0 Å². The monoisotopic (exact) mass is 503 g/mol. The third kappa shape index (κ3) is 5.63. The summed E-state index contributed by atoms with van der Waals surface area (Å²) in [6, 6.07) is 33.2. The van der Waals surface area contributed by atoms with Gasteiger partial charge in [-0.25, -0.2) is 4.99 Å². The van der Waals surface area contributed by atoms with Gasteiger partial charge in [0.2, 0.25) is 0 Å². The zero-order valence-corrected chi connectivity index (χ0v) is 20.7. The Kier molecular flexibility index (Phi) is 7.27. The molecule has 5 rings (SSSR count). The summed E-state index contributed by atoms with van der Waals surface area (Å²) >= 11 is 0. The van der Waals surface area contributed by atoms with E-state index >= 15 is 0 Å². The molecule has 38 heavy (non-hydrogen) atoms. The van der Waals surface area contributed by atoms with Gasteiger partial charge < -0.3 is 14.8 Å². The summed E-state index contributed by atoms with van der Waals surface area (Å²) in [6.07, 6.45) is 1.73. The first-order valence-electron chi connectivity index (χ1n) is 12.0. The number of nitrogens with one attached hydrogen (secondary N) is 1. The topological polar surface area (TPSA) is 80.2 Å². The van der Waals surface area contributed by atoms with Crippen LogP contribution in [0, 0.1) is 0 Å². The van der Waals surface area contributed by atoms with Gasteiger partial charge in [0.05, 0.1) is 12.8 Å². The SMILES string of the molecule is COc1cccc(N2C(=O)/C(=C/c3ccc(OCC(=O)Nc4ccccc4)cc3)N=C2c2ccccc2)c1. The predicted octanol–water partition coefficient (Wildman–Crippen LogP) is 5.55. The van der Waals surface area contributed by atoms with Crippen molar-refractivity contribution in [1.29, 1.82) is 0 Å². The Balaban J connectivity index is 1.34. The number of anilines is 2. The zero-order valence-electron chi connectivity index (χ0n) is 20.7. The number of amides is 2. The van der Waals surface area contributed by atoms with Crippen molar-refractivity contribution in [2.24, 2.45) is 4.99 Å². The third-order valence-electron chi connectivity index (χ3n) is 5.81. The summed E-state index contributed by atoms with van der Waals surface area (Å²) < 4.78 is 11.0. The fraction of sp³-hybridized carbons (Fsp3) is 0.0645. The maximum Gasteiger partial charge on any atom is 0.282 e. The van der Waals surface area contributed by atoms with E-state index in [1.165, 1.54) is 0 Å². The molecule has 0 radical (unpaired) electrons. The summed E-state index contributed by atoms with van der Waals surface area (Å²) in [5.41, 5.74) is 3.28. The van der Waals surface area contributed by atoms with E-state index in [-0.39, 0.29) is 18.4 Å². The lowest BCUT2D eigenvalue weighted by molar-refractivity contribution is -0.118. The van der Waals surface area contributed by atoms with Crippen LogP contribution in [0.3, 0.4) is 0 Å². The minimum Gasteiger partial charge on any atom is -0.497 e. The summed E-state index contributed by atoms with van der Waals surface area (Å²) in [5, 5.41) is 2.78. The van der Waals surface area contributed by atoms with E-state index in [9.17, 15) is 9.59 Å². The second-order valence-electron chi connectivity index (χ2n) is 8.44. The summed E-state index contributed by atoms with van der Waals surface area (Å²) in [6.45, 7) is -0.117. The number of aliphatic imine (C=N–C) groups is 1. The van der Waals surface area contributed by atoms with Crippen molar-refractivity contribution in [2.45, 2.75) is 0 Å². The number of hydrogen-bond donors (Lipinski definition) is 1. The second-order valence-corrected chi connectivity index (χ2v) is 8.44. The summed E-state index contributed by atoms with van der Waals surface area (Å²) in [7, 11) is 1.59. The Morgan fingerprint density at radius 3 is 2.29 bits per heavy atom. The average molecular weight is 504 g/mol. The maximum atomic E-state index is 13.5. The highest BCUT2D eigenvalue weighted by molar-refractivity contribution is 6.33. The quantitative estimate of drug-likeness (QED) is 0.320. The number of methoxy groups -OCH3 is 1. The van der Waals surface area contributed by atoms with Gasteiger partial charge in [0, 0.05) is 17.3 Å². The molecule has 1 heterocycles. The van der Waals surface area contributed by atoms with Gasteiger partial charge in [-0.3, -0.25) is 14.5 Å². The molecule has 188 valence electrons. The Morgan fingerprint density at radius 1 is 0.868 bits per heavy atom. The van der Waals surface area contributed by atoms with Crippen LogP contribution in [0.1, 0.15) is 11.1 Å². The molecule has 7 nitrogen and oxygen atoms in total. The molecule has 7 heteroatoms. The first-order valence-corrected chi connectivity index (χ1v) is 12.0. The van der Waals surface area contributed by atoms with E-state index < -0.39 is 0 Å². The Bertz CT molecular complexity index is 1500. The number of carbonyl (C=O) groups excluding carboxylic acids is 2. The molecule has 0 spiro atoms. The number of amidine groups is 1. The highest BCUT2D eigenvalue weighted by atomic mass is 16.5. The Hall–Kier alpha value is -5.17. The molecule has 0 saturated carbocycles. The number of rotatable bonds is 8. The van der Waals surface area contributed by atoms with Crippen molar-refractivity contribution >= 4 is 35.1 Å². The minimum absolute atomic E-state index is 0.117. The Labute approximate surface area is 220 Å². The molecule has 0 bridgehead atoms. The number of benzene rings is 4. The van der Waals surface area contributed by atoms with E-state index in [1.807, 2.05) is 91.0 Å². The largest absolute Gasteiger partial charge is 0.497 e. The van der Waals surface area contributed by atoms with Crippen LogP contribution in [-0.2, 0) is 9.59 Å². The van der Waals surface area contributed by atoms with Gasteiger partial charge in [-0.15, -0.1) is 0 Å². The van der Waals surface area contributed by atoms with Crippen LogP contribution in [0.25, 0.3) is 6.08 Å². The molecule has 0 atom stereocenters. The lowest BCUT2D eigenvalue weighted by atomic mass is 10.1. The molecular weight excluding hydrogens is 478 g/mol. The standard InChI is InChI=1S/C31H25N3O4/c1-37-27-14-8-13-25(20-27)34-30(23-9-4-2-5-10-23)33-28(31(34)36)19-22-15-17-26(18-16-22)38-21-29(35)32-24-11-6-3-7-12-24/h2-20H,21H2,1H3,(H,32,35)/b28-19-. The molecule has 2 amide bonds. The molecule has 0 fully saturated rings. The fourth-order valence-electron chi connectivity index (χ4n) is 3.97. The second kappa shape index (κ2) is 11.3. The van der Waals surface area contributed by atoms with Crippen LogP contribution in [-0.4, -0.2) is 31.4 Å². The van der Waals surface area contributed by atoms with Gasteiger partial charge in [-0.05, 0) is 48.0 Å². The van der Waals surface area contributed by atoms with Gasteiger partial charge in [0.1, 0.15) is 23.0 Å².